The molecule has 2 N–H and O–H groups in total. The highest BCUT2D eigenvalue weighted by atomic mass is 16.6. The van der Waals surface area contributed by atoms with E-state index in [2.05, 4.69) is 10.3 Å². The first-order chi connectivity index (χ1) is 11.6. The number of H-pyrrole nitrogens is 1. The molecule has 2 heterocycles. The van der Waals surface area contributed by atoms with Gasteiger partial charge in [-0.15, -0.1) is 0 Å². The van der Waals surface area contributed by atoms with Crippen LogP contribution >= 0.6 is 0 Å². The number of rotatable bonds is 2. The number of nitro groups is 1. The molecule has 120 valence electrons. The van der Waals surface area contributed by atoms with Crippen LogP contribution in [0.25, 0.3) is 22.2 Å². The van der Waals surface area contributed by atoms with Crippen molar-refractivity contribution in [1.29, 1.82) is 0 Å². The van der Waals surface area contributed by atoms with E-state index in [1.54, 1.807) is 19.2 Å². The molecule has 0 aliphatic carbocycles. The zero-order valence-corrected chi connectivity index (χ0v) is 12.8. The number of carbonyl (C=O) groups is 1. The van der Waals surface area contributed by atoms with Gasteiger partial charge in [0.15, 0.2) is 0 Å². The van der Waals surface area contributed by atoms with Crippen molar-refractivity contribution in [3.63, 3.8) is 0 Å². The first-order valence-electron chi connectivity index (χ1n) is 7.34. The Bertz CT molecular complexity index is 1010. The van der Waals surface area contributed by atoms with Gasteiger partial charge in [0.25, 0.3) is 5.69 Å². The maximum Gasteiger partial charge on any atom is 0.270 e. The maximum absolute atomic E-state index is 12.3. The van der Waals surface area contributed by atoms with Gasteiger partial charge in [-0.05, 0) is 23.8 Å². The van der Waals surface area contributed by atoms with Crippen LogP contribution < -0.4 is 10.1 Å². The molecule has 0 radical (unpaired) electrons. The van der Waals surface area contributed by atoms with E-state index in [0.717, 1.165) is 22.3 Å². The van der Waals surface area contributed by atoms with Crippen molar-refractivity contribution in [2.45, 2.75) is 6.42 Å². The lowest BCUT2D eigenvalue weighted by molar-refractivity contribution is -0.384. The highest BCUT2D eigenvalue weighted by Crippen LogP contribution is 2.39. The van der Waals surface area contributed by atoms with Crippen LogP contribution in [0, 0.1) is 10.1 Å². The number of nitrogens with one attached hydrogen (secondary N) is 2. The monoisotopic (exact) mass is 323 g/mol. The van der Waals surface area contributed by atoms with Crippen molar-refractivity contribution in [3.05, 3.63) is 52.1 Å². The summed E-state index contributed by atoms with van der Waals surface area (Å²) in [6.07, 6.45) is 0.146. The van der Waals surface area contributed by atoms with Crippen LogP contribution in [0.5, 0.6) is 5.75 Å². The van der Waals surface area contributed by atoms with Crippen LogP contribution in [-0.4, -0.2) is 22.9 Å². The Morgan fingerprint density at radius 3 is 2.79 bits per heavy atom. The quantitative estimate of drug-likeness (QED) is 0.559. The van der Waals surface area contributed by atoms with E-state index in [1.807, 2.05) is 12.1 Å². The molecule has 3 aromatic rings. The number of hydrogen-bond donors (Lipinski definition) is 2. The summed E-state index contributed by atoms with van der Waals surface area (Å²) in [6.45, 7) is 0. The van der Waals surface area contributed by atoms with Gasteiger partial charge in [0.1, 0.15) is 5.75 Å². The molecule has 0 saturated carbocycles. The van der Waals surface area contributed by atoms with E-state index >= 15 is 0 Å². The topological polar surface area (TPSA) is 97.3 Å². The Labute approximate surface area is 136 Å². The van der Waals surface area contributed by atoms with Crippen LogP contribution in [0.15, 0.2) is 36.4 Å². The number of aromatic nitrogens is 1. The third kappa shape index (κ3) is 2.10. The Kier molecular flexibility index (Phi) is 3.02. The normalized spacial score (nSPS) is 13.0. The Hall–Kier alpha value is -3.35. The lowest BCUT2D eigenvalue weighted by atomic mass is 10.0. The third-order valence-electron chi connectivity index (χ3n) is 4.21. The third-order valence-corrected chi connectivity index (χ3v) is 4.21. The predicted molar refractivity (Wildman–Crippen MR) is 89.3 cm³/mol. The number of ether oxygens (including phenoxy) is 1. The first-order valence-corrected chi connectivity index (χ1v) is 7.34. The average Bonchev–Trinajstić information content (AvgIpc) is 2.85. The van der Waals surface area contributed by atoms with Gasteiger partial charge >= 0.3 is 0 Å². The van der Waals surface area contributed by atoms with E-state index in [-0.39, 0.29) is 18.0 Å². The molecule has 0 fully saturated rings. The number of aromatic amines is 1. The van der Waals surface area contributed by atoms with Gasteiger partial charge in [0, 0.05) is 34.7 Å². The second-order valence-corrected chi connectivity index (χ2v) is 5.60. The number of anilines is 1. The van der Waals surface area contributed by atoms with Crippen molar-refractivity contribution >= 4 is 28.2 Å². The summed E-state index contributed by atoms with van der Waals surface area (Å²) in [5.41, 5.74) is 3.80. The summed E-state index contributed by atoms with van der Waals surface area (Å²) in [5.74, 6) is 0.472. The minimum atomic E-state index is -0.436. The van der Waals surface area contributed by atoms with E-state index in [1.165, 1.54) is 12.1 Å². The van der Waals surface area contributed by atoms with Crippen molar-refractivity contribution in [2.75, 3.05) is 12.4 Å². The van der Waals surface area contributed by atoms with Gasteiger partial charge in [-0.3, -0.25) is 14.9 Å². The fraction of sp³-hybridized carbons (Fsp3) is 0.118. The molecular formula is C17H13N3O4. The fourth-order valence-electron chi connectivity index (χ4n) is 3.09. The number of fused-ring (bicyclic) bond motifs is 5. The molecule has 0 unspecified atom stereocenters. The summed E-state index contributed by atoms with van der Waals surface area (Å²) in [4.78, 5) is 26.2. The summed E-state index contributed by atoms with van der Waals surface area (Å²) >= 11 is 0. The van der Waals surface area contributed by atoms with Crippen LogP contribution in [-0.2, 0) is 11.2 Å². The van der Waals surface area contributed by atoms with Crippen molar-refractivity contribution in [2.24, 2.45) is 0 Å². The highest BCUT2D eigenvalue weighted by molar-refractivity contribution is 6.05. The summed E-state index contributed by atoms with van der Waals surface area (Å²) in [5, 5.41) is 14.6. The summed E-state index contributed by atoms with van der Waals surface area (Å²) in [6, 6.07) is 10.1. The average molecular weight is 323 g/mol. The number of hydrogen-bond acceptors (Lipinski definition) is 4. The predicted octanol–water partition coefficient (Wildman–Crippen LogP) is 3.25. The van der Waals surface area contributed by atoms with Gasteiger partial charge in [-0.1, -0.05) is 0 Å². The number of benzene rings is 2. The molecule has 7 nitrogen and oxygen atoms in total. The van der Waals surface area contributed by atoms with E-state index < -0.39 is 4.92 Å². The maximum atomic E-state index is 12.3. The number of non-ortho nitro benzene ring substituents is 1. The second kappa shape index (κ2) is 5.09. The van der Waals surface area contributed by atoms with Crippen LogP contribution in [0.2, 0.25) is 0 Å². The van der Waals surface area contributed by atoms with E-state index in [9.17, 15) is 14.9 Å². The molecular weight excluding hydrogens is 310 g/mol. The van der Waals surface area contributed by atoms with Gasteiger partial charge in [0.05, 0.1) is 29.8 Å². The van der Waals surface area contributed by atoms with Crippen LogP contribution in [0.3, 0.4) is 0 Å². The number of amides is 1. The zero-order chi connectivity index (χ0) is 16.8. The van der Waals surface area contributed by atoms with Crippen molar-refractivity contribution in [3.8, 4) is 17.0 Å². The lowest BCUT2D eigenvalue weighted by Crippen LogP contribution is -2.12. The van der Waals surface area contributed by atoms with Gasteiger partial charge < -0.3 is 15.0 Å². The van der Waals surface area contributed by atoms with E-state index in [0.29, 0.717) is 16.8 Å². The molecule has 2 aromatic carbocycles. The number of nitro benzene ring substituents is 1. The zero-order valence-electron chi connectivity index (χ0n) is 12.8. The Balaban J connectivity index is 2.00. The number of methoxy groups -OCH3 is 1. The molecule has 0 bridgehead atoms. The molecule has 1 aliphatic rings. The molecule has 0 saturated heterocycles. The molecule has 7 heteroatoms. The van der Waals surface area contributed by atoms with Crippen LogP contribution in [0.4, 0.5) is 11.4 Å². The fourth-order valence-corrected chi connectivity index (χ4v) is 3.09. The molecule has 0 spiro atoms. The molecule has 4 rings (SSSR count). The minimum Gasteiger partial charge on any atom is -0.497 e. The Morgan fingerprint density at radius 1 is 1.21 bits per heavy atom. The summed E-state index contributed by atoms with van der Waals surface area (Å²) < 4.78 is 5.21. The van der Waals surface area contributed by atoms with Crippen LogP contribution in [0.1, 0.15) is 5.56 Å². The smallest absolute Gasteiger partial charge is 0.270 e. The van der Waals surface area contributed by atoms with Crippen molar-refractivity contribution < 1.29 is 14.5 Å². The second-order valence-electron chi connectivity index (χ2n) is 5.60. The number of carbonyl (C=O) groups excluding carboxylic acids is 1. The lowest BCUT2D eigenvalue weighted by Gasteiger charge is -2.09. The summed E-state index contributed by atoms with van der Waals surface area (Å²) in [7, 11) is 1.56. The van der Waals surface area contributed by atoms with Gasteiger partial charge in [-0.25, -0.2) is 0 Å². The standard InChI is InChI=1S/C17H13N3O4/c1-24-10-3-4-11-15(7-10)18-16(21)8-13-12-6-9(20(22)23)2-5-14(12)19-17(11)13/h2-7,19H,8H2,1H3,(H,18,21). The Morgan fingerprint density at radius 2 is 2.04 bits per heavy atom. The molecule has 24 heavy (non-hydrogen) atoms. The largest absolute Gasteiger partial charge is 0.497 e. The first kappa shape index (κ1) is 14.3. The van der Waals surface area contributed by atoms with Gasteiger partial charge in [-0.2, -0.15) is 0 Å². The molecule has 1 aromatic heterocycles. The highest BCUT2D eigenvalue weighted by Gasteiger charge is 2.24. The van der Waals surface area contributed by atoms with Gasteiger partial charge in [0.2, 0.25) is 5.91 Å². The molecule has 1 aliphatic heterocycles. The number of nitrogens with zero attached hydrogens (tertiary/aromatic N) is 1. The molecule has 1 amide bonds. The molecule has 0 atom stereocenters. The van der Waals surface area contributed by atoms with Crippen molar-refractivity contribution in [1.82, 2.24) is 4.98 Å². The SMILES string of the molecule is COc1ccc2c(c1)NC(=O)Cc1c-2[nH]c2ccc([N+](=O)[O-])cc12. The van der Waals surface area contributed by atoms with E-state index in [4.69, 9.17) is 4.74 Å². The minimum absolute atomic E-state index is 0.00362.